The summed E-state index contributed by atoms with van der Waals surface area (Å²) in [6.07, 6.45) is 2.67. The first-order chi connectivity index (χ1) is 2.73. The van der Waals surface area contributed by atoms with Gasteiger partial charge in [0.1, 0.15) is 0 Å². The predicted molar refractivity (Wildman–Crippen MR) is 28.1 cm³/mol. The van der Waals surface area contributed by atoms with Gasteiger partial charge < -0.3 is 17.2 Å². The molecule has 0 aliphatic heterocycles. The maximum Gasteiger partial charge on any atom is 0 e. The van der Waals surface area contributed by atoms with Gasteiger partial charge in [-0.3, -0.25) is 4.21 Å². The van der Waals surface area contributed by atoms with E-state index in [1.807, 2.05) is 0 Å². The smallest absolute Gasteiger partial charge is 0 e. The van der Waals surface area contributed by atoms with Crippen molar-refractivity contribution in [3.63, 3.8) is 0 Å². The third kappa shape index (κ3) is 224. The summed E-state index contributed by atoms with van der Waals surface area (Å²) in [6, 6.07) is 0. The van der Waals surface area contributed by atoms with Crippen LogP contribution in [0.2, 0.25) is 0 Å². The molecule has 2 nitrogen and oxygen atoms in total. The van der Waals surface area contributed by atoms with Crippen molar-refractivity contribution in [1.82, 2.24) is 0 Å². The van der Waals surface area contributed by atoms with Crippen LogP contribution in [0.3, 0.4) is 0 Å². The Morgan fingerprint density at radius 3 is 1.57 bits per heavy atom. The van der Waals surface area contributed by atoms with Crippen LogP contribution in [-0.4, -0.2) is 21.3 Å². The molecule has 1 atom stereocenters. The maximum absolute atomic E-state index is 9.00. The SMILES string of the molecule is CS(=O)[O-].C[S-].[Rf]. The van der Waals surface area contributed by atoms with Gasteiger partial charge in [-0.1, -0.05) is 11.1 Å². The van der Waals surface area contributed by atoms with Crippen LogP contribution in [0.25, 0.3) is 0 Å². The Kier molecular flexibility index (Phi) is 41.2. The molecule has 0 bridgehead atoms. The van der Waals surface area contributed by atoms with Crippen molar-refractivity contribution < 1.29 is 8.76 Å². The zero-order valence-electron chi connectivity index (χ0n) is 4.34. The first-order valence-corrected chi connectivity index (χ1v) is 3.45. The molecule has 0 N–H and O–H groups in total. The molecule has 7 heavy (non-hydrogen) atoms. The molecule has 0 saturated carbocycles. The van der Waals surface area contributed by atoms with Gasteiger partial charge >= 0.3 is 0 Å². The van der Waals surface area contributed by atoms with Crippen molar-refractivity contribution in [3.05, 3.63) is 0 Å². The molecule has 0 aromatic heterocycles. The van der Waals surface area contributed by atoms with E-state index in [1.54, 1.807) is 6.26 Å². The van der Waals surface area contributed by atoms with E-state index in [-0.39, 0.29) is 0 Å². The van der Waals surface area contributed by atoms with Gasteiger partial charge in [0, 0.05) is 0 Å². The third-order valence-corrected chi connectivity index (χ3v) is 0. The van der Waals surface area contributed by atoms with Gasteiger partial charge in [0.2, 0.25) is 0 Å². The molecule has 0 rings (SSSR count). The normalized spacial score (nSPS) is 9.71. The fraction of sp³-hybridized carbons (Fsp3) is 1.00. The largest absolute Gasteiger partial charge is 0.796 e. The second-order valence-corrected chi connectivity index (χ2v) is 1.20. The van der Waals surface area contributed by atoms with Crippen molar-refractivity contribution in [1.29, 1.82) is 0 Å². The average molecular weight is 393 g/mol. The molecule has 0 amide bonds. The molecule has 0 fully saturated rings. The Hall–Kier alpha value is -0.540. The van der Waals surface area contributed by atoms with E-state index in [2.05, 4.69) is 12.6 Å². The molecular weight excluding hydrogens is 387 g/mol. The van der Waals surface area contributed by atoms with Crippen molar-refractivity contribution in [2.24, 2.45) is 0 Å². The molecule has 42 valence electrons. The number of hydrogen-bond donors (Lipinski definition) is 0. The van der Waals surface area contributed by atoms with Gasteiger partial charge in [-0.2, -0.15) is 6.26 Å². The Balaban J connectivity index is -0.0000000480. The van der Waals surface area contributed by atoms with Gasteiger partial charge in [0.05, 0.1) is 0 Å². The molecule has 0 spiro atoms. The molecule has 1 unspecified atom stereocenters. The zero-order valence-corrected chi connectivity index (χ0v) is 12.4. The maximum atomic E-state index is 9.00. The minimum atomic E-state index is -1.86. The fourth-order valence-electron chi connectivity index (χ4n) is 0. The van der Waals surface area contributed by atoms with Gasteiger partial charge in [-0.15, -0.1) is 0 Å². The Morgan fingerprint density at radius 1 is 1.57 bits per heavy atom. The van der Waals surface area contributed by atoms with Crippen LogP contribution in [-0.2, 0) is 23.7 Å². The summed E-state index contributed by atoms with van der Waals surface area (Å²) >= 11 is 2.22. The summed E-state index contributed by atoms with van der Waals surface area (Å²) in [4.78, 5) is 0. The van der Waals surface area contributed by atoms with Crippen LogP contribution in [0.1, 0.15) is 0 Å². The van der Waals surface area contributed by atoms with E-state index in [0.717, 1.165) is 6.26 Å². The van der Waals surface area contributed by atoms with Crippen LogP contribution in [0, 0.1) is 0 Å². The minimum Gasteiger partial charge on any atom is -0.796 e. The van der Waals surface area contributed by atoms with E-state index in [1.165, 1.54) is 0 Å². The molecule has 0 saturated heterocycles. The average Bonchev–Trinajstić information content (AvgIpc) is 1.41. The molecule has 0 aromatic rings. The van der Waals surface area contributed by atoms with Gasteiger partial charge in [-0.25, -0.2) is 0 Å². The zero-order chi connectivity index (χ0) is 5.58. The summed E-state index contributed by atoms with van der Waals surface area (Å²) in [5, 5.41) is 0. The third-order valence-electron chi connectivity index (χ3n) is 0. The van der Waals surface area contributed by atoms with Crippen LogP contribution in [0.5, 0.6) is 0 Å². The molecule has 0 heterocycles. The topological polar surface area (TPSA) is 40.1 Å². The predicted octanol–water partition coefficient (Wildman–Crippen LogP) is -0.342. The van der Waals surface area contributed by atoms with Crippen LogP contribution >= 0.6 is 0 Å². The van der Waals surface area contributed by atoms with Crippen molar-refractivity contribution >= 4 is 23.7 Å². The number of rotatable bonds is 0. The summed E-state index contributed by atoms with van der Waals surface area (Å²) in [5.74, 6) is 0. The standard InChI is InChI=1S/CH4O2S.CH4S.Rf/c1-4(2)3;1-2;/h1H3,(H,2,3);2H,1H3;/p-2. The van der Waals surface area contributed by atoms with Crippen LogP contribution < -0.4 is 0 Å². The summed E-state index contributed by atoms with van der Waals surface area (Å²) < 4.78 is 18.0. The van der Waals surface area contributed by atoms with Crippen molar-refractivity contribution in [3.8, 4) is 0 Å². The quantitative estimate of drug-likeness (QED) is 0.418. The summed E-state index contributed by atoms with van der Waals surface area (Å²) in [7, 11) is 0. The van der Waals surface area contributed by atoms with Gasteiger partial charge in [0.15, 0.2) is 0 Å². The molecule has 0 aliphatic rings. The Morgan fingerprint density at radius 2 is 1.57 bits per heavy atom. The second kappa shape index (κ2) is 17.9. The van der Waals surface area contributed by atoms with Crippen molar-refractivity contribution in [2.75, 3.05) is 12.5 Å². The van der Waals surface area contributed by atoms with Crippen molar-refractivity contribution in [2.45, 2.75) is 0 Å². The first-order valence-electron chi connectivity index (χ1n) is 1.15. The minimum absolute atomic E-state index is 0. The van der Waals surface area contributed by atoms with E-state index >= 15 is 0 Å². The Bertz CT molecular complexity index is 36.7. The van der Waals surface area contributed by atoms with E-state index in [0.29, 0.717) is 0 Å². The monoisotopic (exact) mass is 393 g/mol. The Labute approximate surface area is 45.6 Å². The first kappa shape index (κ1) is 16.1. The van der Waals surface area contributed by atoms with Gasteiger partial charge in [0.25, 0.3) is 0 Å². The van der Waals surface area contributed by atoms with E-state index in [4.69, 9.17) is 8.76 Å². The molecule has 0 radical (unpaired) electrons. The summed E-state index contributed by atoms with van der Waals surface area (Å²) in [5.41, 5.74) is 0. The van der Waals surface area contributed by atoms with Gasteiger partial charge in [-0.05, 0) is 6.26 Å². The summed E-state index contributed by atoms with van der Waals surface area (Å²) in [6.45, 7) is 0. The van der Waals surface area contributed by atoms with Crippen LogP contribution in [0.15, 0.2) is 0 Å². The van der Waals surface area contributed by atoms with E-state index in [9.17, 15) is 0 Å². The molecule has 0 aliphatic carbocycles. The molecule has 5 heteroatoms. The fourth-order valence-corrected chi connectivity index (χ4v) is 0. The second-order valence-electron chi connectivity index (χ2n) is 0.401. The number of hydrogen-bond acceptors (Lipinski definition) is 3. The van der Waals surface area contributed by atoms with E-state index < -0.39 is 11.1 Å². The van der Waals surface area contributed by atoms with Crippen LogP contribution in [0.4, 0.5) is 0 Å². The molecular formula is C2H6O2RfS2-2. The molecule has 0 aromatic carbocycles.